The molecule has 154 valence electrons. The van der Waals surface area contributed by atoms with Crippen LogP contribution in [0.5, 0.6) is 5.75 Å². The first-order valence-corrected chi connectivity index (χ1v) is 9.65. The monoisotopic (exact) mass is 468 g/mol. The van der Waals surface area contributed by atoms with Gasteiger partial charge in [0.05, 0.1) is 17.6 Å². The summed E-state index contributed by atoms with van der Waals surface area (Å²) in [4.78, 5) is 12.7. The van der Waals surface area contributed by atoms with Crippen molar-refractivity contribution in [2.45, 2.75) is 38.8 Å². The third kappa shape index (κ3) is 5.10. The van der Waals surface area contributed by atoms with Gasteiger partial charge in [-0.2, -0.15) is 4.80 Å². The van der Waals surface area contributed by atoms with Gasteiger partial charge in [0.2, 0.25) is 11.6 Å². The summed E-state index contributed by atoms with van der Waals surface area (Å²) in [5.41, 5.74) is 0. The molecule has 0 bridgehead atoms. The van der Waals surface area contributed by atoms with Crippen molar-refractivity contribution in [1.82, 2.24) is 40.4 Å². The minimum absolute atomic E-state index is 0.143. The largest absolute Gasteiger partial charge is 0.492 e. The first-order chi connectivity index (χ1) is 14.0. The van der Waals surface area contributed by atoms with Gasteiger partial charge in [-0.1, -0.05) is 6.92 Å². The number of carboxylic acid groups (broad SMARTS) is 1. The Morgan fingerprint density at radius 2 is 2.14 bits per heavy atom. The summed E-state index contributed by atoms with van der Waals surface area (Å²) in [6.45, 7) is 2.59. The molecule has 0 aliphatic heterocycles. The van der Waals surface area contributed by atoms with Crippen LogP contribution in [0.15, 0.2) is 22.7 Å². The number of carboxylic acids is 1. The maximum atomic E-state index is 13.2. The molecule has 0 aliphatic rings. The Morgan fingerprint density at radius 3 is 2.90 bits per heavy atom. The summed E-state index contributed by atoms with van der Waals surface area (Å²) in [5, 5.41) is 32.4. The Kier molecular flexibility index (Phi) is 6.80. The summed E-state index contributed by atoms with van der Waals surface area (Å²) in [6, 6.07) is 3.35. The van der Waals surface area contributed by atoms with Crippen LogP contribution in [0, 0.1) is 5.82 Å². The van der Waals surface area contributed by atoms with Crippen LogP contribution in [0.3, 0.4) is 0 Å². The molecule has 1 atom stereocenters. The fraction of sp³-hybridized carbons (Fsp3) is 0.438. The summed E-state index contributed by atoms with van der Waals surface area (Å²) < 4.78 is 20.7. The second-order valence-corrected chi connectivity index (χ2v) is 6.90. The van der Waals surface area contributed by atoms with Crippen molar-refractivity contribution in [1.29, 1.82) is 0 Å². The molecular weight excluding hydrogens is 451 g/mol. The van der Waals surface area contributed by atoms with E-state index in [-0.39, 0.29) is 17.5 Å². The van der Waals surface area contributed by atoms with Gasteiger partial charge in [-0.15, -0.1) is 15.3 Å². The van der Waals surface area contributed by atoms with Crippen molar-refractivity contribution in [2.75, 3.05) is 6.61 Å². The molecule has 13 heteroatoms. The topological polar surface area (TPSA) is 134 Å². The quantitative estimate of drug-likeness (QED) is 0.443. The number of benzene rings is 1. The average Bonchev–Trinajstić information content (AvgIpc) is 3.34. The Bertz CT molecular complexity index is 979. The van der Waals surface area contributed by atoms with Crippen molar-refractivity contribution in [3.8, 4) is 17.4 Å². The molecular formula is C16H18BrFN8O3. The van der Waals surface area contributed by atoms with E-state index in [1.807, 2.05) is 0 Å². The van der Waals surface area contributed by atoms with Crippen molar-refractivity contribution in [3.63, 3.8) is 0 Å². The minimum Gasteiger partial charge on any atom is -0.492 e. The lowest BCUT2D eigenvalue weighted by atomic mass is 10.2. The van der Waals surface area contributed by atoms with E-state index >= 15 is 0 Å². The third-order valence-corrected chi connectivity index (χ3v) is 4.67. The van der Waals surface area contributed by atoms with Gasteiger partial charge in [-0.05, 0) is 63.0 Å². The van der Waals surface area contributed by atoms with E-state index in [2.05, 4.69) is 46.9 Å². The second kappa shape index (κ2) is 9.49. The van der Waals surface area contributed by atoms with Gasteiger partial charge < -0.3 is 9.84 Å². The number of rotatable bonds is 10. The maximum Gasteiger partial charge on any atom is 0.328 e. The van der Waals surface area contributed by atoms with Crippen molar-refractivity contribution >= 4 is 21.9 Å². The Balaban J connectivity index is 1.53. The molecule has 2 heterocycles. The number of halogens is 2. The molecule has 1 N–H and O–H groups in total. The van der Waals surface area contributed by atoms with Crippen LogP contribution < -0.4 is 4.74 Å². The molecule has 3 aromatic rings. The fourth-order valence-corrected chi connectivity index (χ4v) is 2.92. The van der Waals surface area contributed by atoms with Gasteiger partial charge in [0, 0.05) is 6.07 Å². The number of aliphatic carboxylic acids is 1. The van der Waals surface area contributed by atoms with E-state index in [9.17, 15) is 14.3 Å². The molecule has 1 unspecified atom stereocenters. The number of nitrogens with zero attached hydrogens (tertiary/aromatic N) is 8. The summed E-state index contributed by atoms with van der Waals surface area (Å²) in [5.74, 6) is -0.669. The van der Waals surface area contributed by atoms with Crippen LogP contribution in [-0.2, 0) is 11.3 Å². The van der Waals surface area contributed by atoms with E-state index in [4.69, 9.17) is 4.74 Å². The number of aromatic nitrogens is 8. The SMILES string of the molecule is CCC(C(=O)O)n1nnnc1-c1nnn(CCCCOc2cc(F)ccc2Br)n1. The van der Waals surface area contributed by atoms with Crippen molar-refractivity contribution in [2.24, 2.45) is 0 Å². The minimum atomic E-state index is -1.04. The molecule has 0 spiro atoms. The molecule has 3 rings (SSSR count). The Morgan fingerprint density at radius 1 is 1.31 bits per heavy atom. The molecule has 0 saturated heterocycles. The van der Waals surface area contributed by atoms with Crippen molar-refractivity contribution < 1.29 is 19.0 Å². The molecule has 0 radical (unpaired) electrons. The van der Waals surface area contributed by atoms with Gasteiger partial charge in [0.15, 0.2) is 6.04 Å². The molecule has 2 aromatic heterocycles. The molecule has 0 saturated carbocycles. The van der Waals surface area contributed by atoms with Gasteiger partial charge in [0.1, 0.15) is 11.6 Å². The molecule has 0 amide bonds. The van der Waals surface area contributed by atoms with Gasteiger partial charge in [-0.3, -0.25) is 0 Å². The molecule has 0 aliphatic carbocycles. The number of aryl methyl sites for hydroxylation is 1. The fourth-order valence-electron chi connectivity index (χ4n) is 2.56. The first kappa shape index (κ1) is 20.8. The van der Waals surface area contributed by atoms with E-state index in [0.29, 0.717) is 42.6 Å². The number of carbonyl (C=O) groups is 1. The lowest BCUT2D eigenvalue weighted by Crippen LogP contribution is -2.20. The predicted molar refractivity (Wildman–Crippen MR) is 100 cm³/mol. The first-order valence-electron chi connectivity index (χ1n) is 8.86. The summed E-state index contributed by atoms with van der Waals surface area (Å²) in [6.07, 6.45) is 1.69. The van der Waals surface area contributed by atoms with Crippen LogP contribution in [0.4, 0.5) is 4.39 Å². The highest BCUT2D eigenvalue weighted by molar-refractivity contribution is 9.10. The van der Waals surface area contributed by atoms with E-state index in [0.717, 1.165) is 0 Å². The van der Waals surface area contributed by atoms with Crippen LogP contribution >= 0.6 is 15.9 Å². The number of unbranched alkanes of at least 4 members (excludes halogenated alkanes) is 1. The zero-order valence-corrected chi connectivity index (χ0v) is 17.0. The smallest absolute Gasteiger partial charge is 0.328 e. The normalized spacial score (nSPS) is 12.1. The van der Waals surface area contributed by atoms with Crippen LogP contribution in [-0.4, -0.2) is 58.1 Å². The summed E-state index contributed by atoms with van der Waals surface area (Å²) in [7, 11) is 0. The zero-order chi connectivity index (χ0) is 20.8. The Labute approximate surface area is 173 Å². The number of tetrazole rings is 2. The molecule has 29 heavy (non-hydrogen) atoms. The van der Waals surface area contributed by atoms with Crippen molar-refractivity contribution in [3.05, 3.63) is 28.5 Å². The number of hydrogen-bond acceptors (Lipinski definition) is 8. The van der Waals surface area contributed by atoms with Crippen LogP contribution in [0.2, 0.25) is 0 Å². The van der Waals surface area contributed by atoms with Gasteiger partial charge in [-0.25, -0.2) is 13.9 Å². The zero-order valence-electron chi connectivity index (χ0n) is 15.4. The highest BCUT2D eigenvalue weighted by atomic mass is 79.9. The lowest BCUT2D eigenvalue weighted by Gasteiger charge is -2.09. The third-order valence-electron chi connectivity index (χ3n) is 4.02. The highest BCUT2D eigenvalue weighted by Gasteiger charge is 2.25. The standard InChI is InChI=1S/C16H18BrFN8O3/c1-2-12(16(27)28)26-15(20-22-24-26)14-19-23-25(21-14)7-3-4-8-29-13-9-10(18)5-6-11(13)17/h5-6,9,12H,2-4,7-8H2,1H3,(H,27,28). The van der Waals surface area contributed by atoms with E-state index in [1.165, 1.54) is 21.6 Å². The van der Waals surface area contributed by atoms with Gasteiger partial charge in [0.25, 0.3) is 0 Å². The summed E-state index contributed by atoms with van der Waals surface area (Å²) >= 11 is 3.31. The molecule has 11 nitrogen and oxygen atoms in total. The maximum absolute atomic E-state index is 13.2. The lowest BCUT2D eigenvalue weighted by molar-refractivity contribution is -0.141. The number of hydrogen-bond donors (Lipinski definition) is 1. The predicted octanol–water partition coefficient (Wildman–Crippen LogP) is 2.12. The highest BCUT2D eigenvalue weighted by Crippen LogP contribution is 2.25. The second-order valence-electron chi connectivity index (χ2n) is 6.05. The molecule has 0 fully saturated rings. The average molecular weight is 469 g/mol. The van der Waals surface area contributed by atoms with Gasteiger partial charge >= 0.3 is 5.97 Å². The van der Waals surface area contributed by atoms with E-state index < -0.39 is 12.0 Å². The van der Waals surface area contributed by atoms with E-state index in [1.54, 1.807) is 13.0 Å². The van der Waals surface area contributed by atoms with Crippen LogP contribution in [0.25, 0.3) is 11.6 Å². The number of ether oxygens (including phenoxy) is 1. The van der Waals surface area contributed by atoms with Crippen LogP contribution in [0.1, 0.15) is 32.2 Å². The molecule has 1 aromatic carbocycles. The Hall–Kier alpha value is -2.96.